The number of halogens is 1. The Morgan fingerprint density at radius 3 is 2.35 bits per heavy atom. The zero-order valence-electron chi connectivity index (χ0n) is 31.0. The summed E-state index contributed by atoms with van der Waals surface area (Å²) in [6.45, 7) is 5.64. The number of carbonyl (C=O) groups excluding carboxylic acids is 5. The molecule has 2 aromatic carbocycles. The monoisotopic (exact) mass is 798 g/mol. The number of hydrogen-bond donors (Lipinski definition) is 4. The van der Waals surface area contributed by atoms with Crippen LogP contribution in [0.25, 0.3) is 0 Å². The second kappa shape index (κ2) is 16.1. The van der Waals surface area contributed by atoms with Crippen LogP contribution in [0.1, 0.15) is 76.8 Å². The van der Waals surface area contributed by atoms with Crippen molar-refractivity contribution in [1.29, 1.82) is 0 Å². The summed E-state index contributed by atoms with van der Waals surface area (Å²) in [6.07, 6.45) is 4.32. The van der Waals surface area contributed by atoms with Crippen molar-refractivity contribution in [3.63, 3.8) is 0 Å². The first-order chi connectivity index (χ1) is 26.0. The molecule has 5 unspecified atom stereocenters. The van der Waals surface area contributed by atoms with Crippen LogP contribution in [-0.4, -0.2) is 84.0 Å². The number of nitrogens with zero attached hydrogens (tertiary/aromatic N) is 2. The van der Waals surface area contributed by atoms with Crippen molar-refractivity contribution in [1.82, 2.24) is 25.2 Å². The summed E-state index contributed by atoms with van der Waals surface area (Å²) in [4.78, 5) is 71.7. The van der Waals surface area contributed by atoms with Gasteiger partial charge in [0.15, 0.2) is 0 Å². The maximum atomic E-state index is 14.4. The molecule has 296 valence electrons. The fourth-order valence-corrected chi connectivity index (χ4v) is 8.26. The van der Waals surface area contributed by atoms with E-state index in [9.17, 15) is 32.4 Å². The van der Waals surface area contributed by atoms with Crippen LogP contribution in [0.5, 0.6) is 0 Å². The van der Waals surface area contributed by atoms with E-state index in [-0.39, 0.29) is 31.5 Å². The molecule has 0 spiro atoms. The van der Waals surface area contributed by atoms with Crippen LogP contribution in [0.2, 0.25) is 5.02 Å². The van der Waals surface area contributed by atoms with E-state index in [4.69, 9.17) is 21.1 Å². The number of carbonyl (C=O) groups is 5. The predicted octanol–water partition coefficient (Wildman–Crippen LogP) is 4.52. The zero-order chi connectivity index (χ0) is 39.5. The normalized spacial score (nSPS) is 25.6. The van der Waals surface area contributed by atoms with E-state index in [1.807, 2.05) is 35.1 Å². The van der Waals surface area contributed by atoms with E-state index in [1.54, 1.807) is 26.8 Å². The van der Waals surface area contributed by atoms with Gasteiger partial charge in [0.2, 0.25) is 11.8 Å². The fourth-order valence-electron chi connectivity index (χ4n) is 7.21. The lowest BCUT2D eigenvalue weighted by Crippen LogP contribution is -2.58. The van der Waals surface area contributed by atoms with Crippen LogP contribution in [0.3, 0.4) is 0 Å². The van der Waals surface area contributed by atoms with Gasteiger partial charge in [-0.05, 0) is 81.8 Å². The lowest BCUT2D eigenvalue weighted by molar-refractivity contribution is -0.141. The van der Waals surface area contributed by atoms with Gasteiger partial charge >= 0.3 is 22.4 Å². The van der Waals surface area contributed by atoms with Crippen molar-refractivity contribution < 1.29 is 41.9 Å². The molecule has 0 aromatic heterocycles. The molecule has 4 N–H and O–H groups in total. The van der Waals surface area contributed by atoms with E-state index in [0.29, 0.717) is 37.4 Å². The minimum absolute atomic E-state index is 0.0993. The molecule has 2 aromatic rings. The number of hydrogen-bond acceptors (Lipinski definition) is 9. The molecule has 4 aliphatic rings. The molecule has 1 saturated heterocycles. The number of nitrogens with one attached hydrogen (secondary N) is 4. The Morgan fingerprint density at radius 1 is 0.982 bits per heavy atom. The van der Waals surface area contributed by atoms with Crippen LogP contribution in [-0.2, 0) is 47.2 Å². The number of anilines is 1. The molecule has 17 heteroatoms. The van der Waals surface area contributed by atoms with Crippen molar-refractivity contribution in [3.8, 4) is 0 Å². The number of alkyl carbamates (subject to hydrolysis) is 1. The molecule has 1 aliphatic carbocycles. The predicted molar refractivity (Wildman–Crippen MR) is 203 cm³/mol. The van der Waals surface area contributed by atoms with Crippen molar-refractivity contribution in [2.45, 2.75) is 108 Å². The van der Waals surface area contributed by atoms with Gasteiger partial charge in [-0.1, -0.05) is 60.9 Å². The van der Waals surface area contributed by atoms with Gasteiger partial charge in [-0.15, -0.1) is 0 Å². The zero-order valence-corrected chi connectivity index (χ0v) is 32.6. The van der Waals surface area contributed by atoms with Crippen molar-refractivity contribution in [2.24, 2.45) is 5.92 Å². The average molecular weight is 799 g/mol. The lowest BCUT2D eigenvalue weighted by atomic mass is 10.0. The summed E-state index contributed by atoms with van der Waals surface area (Å²) >= 11 is 5.92. The smallest absolute Gasteiger partial charge is 0.410 e. The topological polar surface area (TPSA) is 193 Å². The van der Waals surface area contributed by atoms with Gasteiger partial charge in [0, 0.05) is 30.5 Å². The summed E-state index contributed by atoms with van der Waals surface area (Å²) in [5.41, 5.74) is -0.343. The van der Waals surface area contributed by atoms with E-state index in [2.05, 4.69) is 15.4 Å². The average Bonchev–Trinajstić information content (AvgIpc) is 3.41. The number of rotatable bonds is 6. The quantitative estimate of drug-likeness (QED) is 0.304. The van der Waals surface area contributed by atoms with E-state index < -0.39 is 75.4 Å². The summed E-state index contributed by atoms with van der Waals surface area (Å²) in [6, 6.07) is 11.2. The third-order valence-electron chi connectivity index (χ3n) is 10.0. The Morgan fingerprint density at radius 2 is 1.67 bits per heavy atom. The summed E-state index contributed by atoms with van der Waals surface area (Å²) < 4.78 is 41.9. The molecular weight excluding hydrogens is 752 g/mol. The third-order valence-corrected chi connectivity index (χ3v) is 11.2. The highest BCUT2D eigenvalue weighted by molar-refractivity contribution is 7.91. The molecule has 0 bridgehead atoms. The van der Waals surface area contributed by atoms with Crippen molar-refractivity contribution in [3.05, 3.63) is 76.8 Å². The first-order valence-electron chi connectivity index (χ1n) is 18.4. The van der Waals surface area contributed by atoms with Gasteiger partial charge < -0.3 is 25.0 Å². The number of amides is 5. The largest absolute Gasteiger partial charge is 0.444 e. The minimum Gasteiger partial charge on any atom is -0.444 e. The van der Waals surface area contributed by atoms with Crippen LogP contribution in [0.4, 0.5) is 15.3 Å². The van der Waals surface area contributed by atoms with Gasteiger partial charge in [-0.25, -0.2) is 14.3 Å². The van der Waals surface area contributed by atoms with Crippen LogP contribution in [0.15, 0.2) is 60.7 Å². The molecule has 6 rings (SSSR count). The standard InChI is InChI=1S/C38H47ClN6O9S/c1-37(2,3)54-35(49)40-30-14-8-6-4-5-7-13-26-20-38(26,34(48)43-55(51,52)42-28-17-15-27(39)16-18-28)41-32(46)31-19-29(23-45(31)33(30)47)53-36(50)44-21-24-11-9-10-12-25(24)22-44/h7,9-13,15-18,26,29-31,42H,4-6,8,14,19-23H2,1-3H3,(H,40,49)(H,41,46)(H,43,48). The van der Waals surface area contributed by atoms with Crippen LogP contribution < -0.4 is 20.1 Å². The second-order valence-corrected chi connectivity index (χ2v) is 17.3. The van der Waals surface area contributed by atoms with Crippen LogP contribution in [0, 0.1) is 5.92 Å². The van der Waals surface area contributed by atoms with Gasteiger partial charge in [0.1, 0.15) is 29.3 Å². The van der Waals surface area contributed by atoms with E-state index in [1.165, 1.54) is 34.1 Å². The Kier molecular flexibility index (Phi) is 11.7. The minimum atomic E-state index is -4.45. The van der Waals surface area contributed by atoms with Crippen molar-refractivity contribution in [2.75, 3.05) is 11.3 Å². The number of ether oxygens (including phenoxy) is 2. The maximum absolute atomic E-state index is 14.4. The molecule has 3 aliphatic heterocycles. The van der Waals surface area contributed by atoms with Crippen LogP contribution >= 0.6 is 11.6 Å². The first-order valence-corrected chi connectivity index (χ1v) is 20.3. The molecule has 2 fully saturated rings. The molecule has 5 atom stereocenters. The Bertz CT molecular complexity index is 1930. The molecule has 0 radical (unpaired) electrons. The third kappa shape index (κ3) is 9.89. The highest BCUT2D eigenvalue weighted by Gasteiger charge is 2.61. The van der Waals surface area contributed by atoms with Gasteiger partial charge in [0.25, 0.3) is 5.91 Å². The number of fused-ring (bicyclic) bond motifs is 3. The summed E-state index contributed by atoms with van der Waals surface area (Å²) in [5.74, 6) is -2.81. The maximum Gasteiger partial charge on any atom is 0.410 e. The first kappa shape index (κ1) is 39.9. The van der Waals surface area contributed by atoms with E-state index in [0.717, 1.165) is 17.5 Å². The highest BCUT2D eigenvalue weighted by atomic mass is 35.5. The van der Waals surface area contributed by atoms with E-state index >= 15 is 0 Å². The molecular formula is C38H47ClN6O9S. The lowest BCUT2D eigenvalue weighted by Gasteiger charge is -2.30. The van der Waals surface area contributed by atoms with Gasteiger partial charge in [0.05, 0.1) is 12.2 Å². The number of benzene rings is 2. The summed E-state index contributed by atoms with van der Waals surface area (Å²) in [5, 5.41) is 5.86. The second-order valence-electron chi connectivity index (χ2n) is 15.5. The molecule has 15 nitrogen and oxygen atoms in total. The SMILES string of the molecule is CC(C)(C)OC(=O)NC1CCCCCC=CC2CC2(C(=O)NS(=O)(=O)Nc2ccc(Cl)cc2)NC(=O)C2CC(OC(=O)N3Cc4ccccc4C3)CN2C1=O. The molecule has 1 saturated carbocycles. The molecule has 3 heterocycles. The van der Waals surface area contributed by atoms with Gasteiger partial charge in [-0.2, -0.15) is 8.42 Å². The number of allylic oxidation sites excluding steroid dienone is 1. The Labute approximate surface area is 325 Å². The molecule has 5 amide bonds. The van der Waals surface area contributed by atoms with Gasteiger partial charge in [-0.3, -0.25) is 24.0 Å². The highest BCUT2D eigenvalue weighted by Crippen LogP contribution is 2.46. The molecule has 55 heavy (non-hydrogen) atoms. The Hall–Kier alpha value is -4.83. The summed E-state index contributed by atoms with van der Waals surface area (Å²) in [7, 11) is -4.45. The fraction of sp³-hybridized carbons (Fsp3) is 0.500. The van der Waals surface area contributed by atoms with Crippen molar-refractivity contribution >= 4 is 57.4 Å². The Balaban J connectivity index is 1.24.